The molecular formula is C27H28N8O7S2. The van der Waals surface area contributed by atoms with Crippen molar-refractivity contribution < 1.29 is 29.0 Å². The van der Waals surface area contributed by atoms with Crippen LogP contribution in [0.4, 0.5) is 0 Å². The number of pyridine rings is 1. The summed E-state index contributed by atoms with van der Waals surface area (Å²) in [5.41, 5.74) is 1.19. The molecule has 3 aromatic rings. The zero-order valence-electron chi connectivity index (χ0n) is 23.8. The number of hydrogen-bond acceptors (Lipinski definition) is 11. The number of rotatable bonds is 11. The minimum atomic E-state index is -1.25. The summed E-state index contributed by atoms with van der Waals surface area (Å²) in [6.45, 7) is 1.23. The lowest BCUT2D eigenvalue weighted by Gasteiger charge is -2.49. The molecule has 3 N–H and O–H groups in total. The largest absolute Gasteiger partial charge is 0.478 e. The fourth-order valence-electron chi connectivity index (χ4n) is 4.63. The normalized spacial score (nSPS) is 18.2. The van der Waals surface area contributed by atoms with Crippen LogP contribution in [0.1, 0.15) is 17.3 Å². The molecule has 3 amide bonds. The minimum absolute atomic E-state index is 0.0169. The molecule has 5 rings (SSSR count). The van der Waals surface area contributed by atoms with Gasteiger partial charge in [-0.25, -0.2) is 9.48 Å². The first-order chi connectivity index (χ1) is 21.0. The summed E-state index contributed by atoms with van der Waals surface area (Å²) in [7, 11) is 3.40. The van der Waals surface area contributed by atoms with Crippen molar-refractivity contribution in [3.05, 3.63) is 75.3 Å². The maximum Gasteiger partial charge on any atom is 0.352 e. The van der Waals surface area contributed by atoms with Gasteiger partial charge >= 0.3 is 5.97 Å². The van der Waals surface area contributed by atoms with E-state index < -0.39 is 47.8 Å². The van der Waals surface area contributed by atoms with Crippen LogP contribution in [0.5, 0.6) is 5.75 Å². The summed E-state index contributed by atoms with van der Waals surface area (Å²) in [6, 6.07) is 7.63. The van der Waals surface area contributed by atoms with E-state index in [1.165, 1.54) is 45.4 Å². The first-order valence-corrected chi connectivity index (χ1v) is 15.3. The summed E-state index contributed by atoms with van der Waals surface area (Å²) in [5.74, 6) is -2.60. The third-order valence-electron chi connectivity index (χ3n) is 7.01. The lowest BCUT2D eigenvalue weighted by Crippen LogP contribution is -2.71. The van der Waals surface area contributed by atoms with Crippen molar-refractivity contribution in [2.45, 2.75) is 29.5 Å². The fourth-order valence-corrected chi connectivity index (χ4v) is 6.97. The quantitative estimate of drug-likeness (QED) is 0.188. The predicted octanol–water partition coefficient (Wildman–Crippen LogP) is -0.0156. The van der Waals surface area contributed by atoms with E-state index in [1.807, 2.05) is 0 Å². The number of fused-ring (bicyclic) bond motifs is 1. The Labute approximate surface area is 259 Å². The Morgan fingerprint density at radius 1 is 1.20 bits per heavy atom. The van der Waals surface area contributed by atoms with Crippen molar-refractivity contribution in [1.82, 2.24) is 40.3 Å². The van der Waals surface area contributed by atoms with E-state index >= 15 is 0 Å². The molecule has 2 aromatic heterocycles. The Kier molecular flexibility index (Phi) is 9.05. The molecule has 2 aliphatic heterocycles. The Hall–Kier alpha value is -4.64. The molecule has 2 unspecified atom stereocenters. The molecule has 0 aliphatic carbocycles. The molecule has 1 fully saturated rings. The van der Waals surface area contributed by atoms with Gasteiger partial charge in [0, 0.05) is 43.6 Å². The number of ether oxygens (including phenoxy) is 1. The van der Waals surface area contributed by atoms with E-state index in [2.05, 4.69) is 26.2 Å². The molecule has 0 spiro atoms. The number of nitrogens with one attached hydrogen (secondary N) is 2. The first kappa shape index (κ1) is 30.8. The molecule has 4 heterocycles. The number of nitrogens with zero attached hydrogens (tertiary/aromatic N) is 6. The average molecular weight is 641 g/mol. The molecule has 15 nitrogen and oxygen atoms in total. The number of carbonyl (C=O) groups excluding carboxylic acids is 3. The van der Waals surface area contributed by atoms with Gasteiger partial charge in [0.2, 0.25) is 16.5 Å². The first-order valence-electron chi connectivity index (χ1n) is 13.2. The van der Waals surface area contributed by atoms with Crippen LogP contribution in [0, 0.1) is 6.92 Å². The van der Waals surface area contributed by atoms with Gasteiger partial charge in [-0.15, -0.1) is 16.9 Å². The molecule has 0 radical (unpaired) electrons. The minimum Gasteiger partial charge on any atom is -0.478 e. The summed E-state index contributed by atoms with van der Waals surface area (Å²) in [5, 5.41) is 26.3. The van der Waals surface area contributed by atoms with Gasteiger partial charge in [0.15, 0.2) is 12.4 Å². The molecular weight excluding hydrogens is 612 g/mol. The number of amides is 3. The zero-order chi connectivity index (χ0) is 31.5. The van der Waals surface area contributed by atoms with E-state index in [1.54, 1.807) is 55.9 Å². The Bertz CT molecular complexity index is 1710. The number of aromatic nitrogens is 5. The Morgan fingerprint density at radius 2 is 1.95 bits per heavy atom. The van der Waals surface area contributed by atoms with Crippen molar-refractivity contribution in [2.24, 2.45) is 14.1 Å². The summed E-state index contributed by atoms with van der Waals surface area (Å²) in [4.78, 5) is 65.2. The Morgan fingerprint density at radius 3 is 2.64 bits per heavy atom. The number of carboxylic acids is 1. The molecule has 0 saturated carbocycles. The smallest absolute Gasteiger partial charge is 0.352 e. The zero-order valence-corrected chi connectivity index (χ0v) is 25.4. The molecule has 3 atom stereocenters. The second kappa shape index (κ2) is 12.9. The monoisotopic (exact) mass is 640 g/mol. The van der Waals surface area contributed by atoms with Gasteiger partial charge in [0.1, 0.15) is 23.2 Å². The second-order valence-electron chi connectivity index (χ2n) is 9.98. The van der Waals surface area contributed by atoms with Crippen LogP contribution in [0.25, 0.3) is 0 Å². The molecule has 44 heavy (non-hydrogen) atoms. The van der Waals surface area contributed by atoms with E-state index in [-0.39, 0.29) is 22.6 Å². The second-order valence-corrected chi connectivity index (χ2v) is 12.0. The standard InChI is InChI=1S/C27H28N8O7S2/c1-14-9-17(36)18(10-33(14)2)42-11-19(37)28-20(15-7-5-4-6-8-15)23(38)29-21-24(39)35-22(26(40)41)16(12-43-25(21)35)13-44-27-30-31-32-34(27)3/h4-10,20-21,25H,11-13H2,1-3H3,(H,28,37)(H,29,38)(H,40,41)/t20?,21?,25-/m0/s1. The number of tetrazole rings is 1. The molecule has 230 valence electrons. The van der Waals surface area contributed by atoms with Crippen LogP contribution in [0.2, 0.25) is 0 Å². The number of benzene rings is 1. The topological polar surface area (TPSA) is 191 Å². The fraction of sp³-hybridized carbons (Fsp3) is 0.333. The summed E-state index contributed by atoms with van der Waals surface area (Å²) >= 11 is 2.58. The van der Waals surface area contributed by atoms with Crippen molar-refractivity contribution in [2.75, 3.05) is 18.1 Å². The van der Waals surface area contributed by atoms with Crippen molar-refractivity contribution in [1.29, 1.82) is 0 Å². The lowest BCUT2D eigenvalue weighted by molar-refractivity contribution is -0.151. The van der Waals surface area contributed by atoms with Crippen molar-refractivity contribution in [3.63, 3.8) is 0 Å². The third-order valence-corrected chi connectivity index (χ3v) is 9.45. The van der Waals surface area contributed by atoms with Gasteiger partial charge in [-0.2, -0.15) is 0 Å². The Balaban J connectivity index is 1.27. The maximum atomic E-state index is 13.5. The van der Waals surface area contributed by atoms with Crippen LogP contribution in [-0.4, -0.2) is 88.0 Å². The van der Waals surface area contributed by atoms with Gasteiger partial charge in [-0.05, 0) is 28.5 Å². The van der Waals surface area contributed by atoms with Crippen LogP contribution in [0.3, 0.4) is 0 Å². The van der Waals surface area contributed by atoms with E-state index in [9.17, 15) is 29.1 Å². The van der Waals surface area contributed by atoms with E-state index in [0.717, 1.165) is 0 Å². The predicted molar refractivity (Wildman–Crippen MR) is 158 cm³/mol. The molecule has 17 heteroatoms. The number of thioether (sulfide) groups is 2. The van der Waals surface area contributed by atoms with Gasteiger partial charge in [-0.1, -0.05) is 42.1 Å². The molecule has 0 bridgehead atoms. The van der Waals surface area contributed by atoms with Gasteiger partial charge in [-0.3, -0.25) is 24.1 Å². The highest BCUT2D eigenvalue weighted by Gasteiger charge is 2.54. The van der Waals surface area contributed by atoms with Gasteiger partial charge in [0.25, 0.3) is 11.8 Å². The summed E-state index contributed by atoms with van der Waals surface area (Å²) < 4.78 is 8.57. The van der Waals surface area contributed by atoms with Crippen LogP contribution in [0.15, 0.2) is 63.8 Å². The van der Waals surface area contributed by atoms with Crippen molar-refractivity contribution >= 4 is 47.2 Å². The van der Waals surface area contributed by atoms with Gasteiger partial charge < -0.3 is 25.0 Å². The SMILES string of the molecule is Cc1cc(=O)c(OCC(=O)NC(C(=O)NC2C(=O)N3C(C(=O)O)=C(CSc4nnnn4C)CS[C@@H]23)c2ccccc2)cn1C. The number of aliphatic carboxylic acids is 1. The molecule has 1 saturated heterocycles. The highest BCUT2D eigenvalue weighted by atomic mass is 32.2. The number of hydrogen-bond donors (Lipinski definition) is 3. The average Bonchev–Trinajstić information content (AvgIpc) is 3.42. The number of carbonyl (C=O) groups is 4. The van der Waals surface area contributed by atoms with Crippen molar-refractivity contribution in [3.8, 4) is 5.75 Å². The van der Waals surface area contributed by atoms with Crippen LogP contribution in [-0.2, 0) is 33.3 Å². The summed E-state index contributed by atoms with van der Waals surface area (Å²) in [6.07, 6.45) is 1.47. The highest BCUT2D eigenvalue weighted by Crippen LogP contribution is 2.41. The lowest BCUT2D eigenvalue weighted by atomic mass is 10.0. The maximum absolute atomic E-state index is 13.5. The van der Waals surface area contributed by atoms with E-state index in [0.29, 0.717) is 27.7 Å². The third kappa shape index (κ3) is 6.33. The van der Waals surface area contributed by atoms with Crippen LogP contribution >= 0.6 is 23.5 Å². The number of aryl methyl sites for hydroxylation is 3. The number of β-lactam (4-membered cyclic amide) rings is 1. The van der Waals surface area contributed by atoms with Crippen LogP contribution < -0.4 is 20.8 Å². The van der Waals surface area contributed by atoms with Gasteiger partial charge in [0.05, 0.1) is 0 Å². The highest BCUT2D eigenvalue weighted by molar-refractivity contribution is 8.01. The van der Waals surface area contributed by atoms with E-state index in [4.69, 9.17) is 4.74 Å². The molecule has 2 aliphatic rings. The molecule has 1 aromatic carbocycles. The number of carboxylic acid groups (broad SMARTS) is 1.